The molecule has 0 radical (unpaired) electrons. The first-order valence-electron chi connectivity index (χ1n) is 8.10. The van der Waals surface area contributed by atoms with E-state index in [1.807, 2.05) is 29.2 Å². The maximum atomic E-state index is 12.4. The summed E-state index contributed by atoms with van der Waals surface area (Å²) in [6.45, 7) is 6.15. The molecule has 24 heavy (non-hydrogen) atoms. The number of nitrogens with zero attached hydrogens (tertiary/aromatic N) is 3. The second-order valence-corrected chi connectivity index (χ2v) is 8.37. The normalized spacial score (nSPS) is 21.0. The summed E-state index contributed by atoms with van der Waals surface area (Å²) in [6.07, 6.45) is 1.20. The molecule has 0 bridgehead atoms. The van der Waals surface area contributed by atoms with Crippen molar-refractivity contribution in [2.45, 2.75) is 25.4 Å². The Morgan fingerprint density at radius 1 is 1.29 bits per heavy atom. The van der Waals surface area contributed by atoms with Gasteiger partial charge in [0, 0.05) is 23.1 Å². The van der Waals surface area contributed by atoms with Gasteiger partial charge in [-0.15, -0.1) is 5.10 Å². The summed E-state index contributed by atoms with van der Waals surface area (Å²) in [7, 11) is 0. The quantitative estimate of drug-likeness (QED) is 0.780. The van der Waals surface area contributed by atoms with Crippen molar-refractivity contribution in [2.75, 3.05) is 18.8 Å². The Balaban J connectivity index is 1.57. The molecule has 128 valence electrons. The van der Waals surface area contributed by atoms with Gasteiger partial charge in [0.15, 0.2) is 5.82 Å². The van der Waals surface area contributed by atoms with Gasteiger partial charge in [-0.3, -0.25) is 9.89 Å². The molecule has 2 unspecified atom stereocenters. The summed E-state index contributed by atoms with van der Waals surface area (Å²) in [5.74, 6) is 2.44. The lowest BCUT2D eigenvalue weighted by atomic mass is 9.92. The lowest BCUT2D eigenvalue weighted by Crippen LogP contribution is -2.43. The first-order valence-corrected chi connectivity index (χ1v) is 9.88. The largest absolute Gasteiger partial charge is 0.341 e. The summed E-state index contributed by atoms with van der Waals surface area (Å²) in [5, 5.41) is 7.75. The van der Waals surface area contributed by atoms with Crippen molar-refractivity contribution in [3.63, 3.8) is 0 Å². The number of carbonyl (C=O) groups excluding carboxylic acids is 1. The van der Waals surface area contributed by atoms with E-state index in [9.17, 15) is 4.79 Å². The number of aromatic amines is 1. The number of benzene rings is 1. The number of thioether (sulfide) groups is 1. The molecule has 0 spiro atoms. The topological polar surface area (TPSA) is 61.9 Å². The number of hydrogen-bond acceptors (Lipinski definition) is 4. The smallest absolute Gasteiger partial charge is 0.233 e. The van der Waals surface area contributed by atoms with E-state index in [0.717, 1.165) is 29.0 Å². The number of piperidine rings is 1. The Labute approximate surface area is 154 Å². The molecule has 5 nitrogen and oxygen atoms in total. The van der Waals surface area contributed by atoms with E-state index in [2.05, 4.69) is 45.0 Å². The van der Waals surface area contributed by atoms with Gasteiger partial charge in [-0.1, -0.05) is 53.7 Å². The maximum absolute atomic E-state index is 12.4. The molecule has 2 heterocycles. The van der Waals surface area contributed by atoms with E-state index in [4.69, 9.17) is 0 Å². The van der Waals surface area contributed by atoms with Gasteiger partial charge in [-0.25, -0.2) is 4.98 Å². The molecule has 3 rings (SSSR count). The van der Waals surface area contributed by atoms with Crippen molar-refractivity contribution in [3.05, 3.63) is 28.7 Å². The van der Waals surface area contributed by atoms with Crippen LogP contribution in [0.25, 0.3) is 11.4 Å². The van der Waals surface area contributed by atoms with Crippen molar-refractivity contribution in [2.24, 2.45) is 11.8 Å². The Morgan fingerprint density at radius 3 is 2.62 bits per heavy atom. The van der Waals surface area contributed by atoms with Crippen molar-refractivity contribution < 1.29 is 4.79 Å². The summed E-state index contributed by atoms with van der Waals surface area (Å²) in [6, 6.07) is 7.88. The number of hydrogen-bond donors (Lipinski definition) is 1. The van der Waals surface area contributed by atoms with Gasteiger partial charge in [0.05, 0.1) is 5.75 Å². The fraction of sp³-hybridized carbons (Fsp3) is 0.471. The van der Waals surface area contributed by atoms with Crippen molar-refractivity contribution in [3.8, 4) is 11.4 Å². The highest BCUT2D eigenvalue weighted by Gasteiger charge is 2.25. The summed E-state index contributed by atoms with van der Waals surface area (Å²) in [5.41, 5.74) is 0.975. The van der Waals surface area contributed by atoms with Gasteiger partial charge in [0.2, 0.25) is 11.1 Å². The van der Waals surface area contributed by atoms with E-state index in [0.29, 0.717) is 22.7 Å². The third kappa shape index (κ3) is 4.39. The third-order valence-electron chi connectivity index (χ3n) is 4.13. The van der Waals surface area contributed by atoms with E-state index in [1.54, 1.807) is 0 Å². The predicted molar refractivity (Wildman–Crippen MR) is 99.8 cm³/mol. The van der Waals surface area contributed by atoms with E-state index < -0.39 is 0 Å². The molecule has 1 saturated heterocycles. The summed E-state index contributed by atoms with van der Waals surface area (Å²) < 4.78 is 1.02. The van der Waals surface area contributed by atoms with Gasteiger partial charge in [-0.2, -0.15) is 0 Å². The average Bonchev–Trinajstić information content (AvgIpc) is 3.01. The minimum atomic E-state index is 0.174. The Kier molecular flexibility index (Phi) is 5.61. The van der Waals surface area contributed by atoms with Crippen LogP contribution in [0.3, 0.4) is 0 Å². The van der Waals surface area contributed by atoms with Crippen molar-refractivity contribution in [1.29, 1.82) is 0 Å². The Hall–Kier alpha value is -1.34. The molecule has 0 saturated carbocycles. The highest BCUT2D eigenvalue weighted by atomic mass is 79.9. The summed E-state index contributed by atoms with van der Waals surface area (Å²) >= 11 is 4.81. The van der Waals surface area contributed by atoms with Crippen LogP contribution in [0, 0.1) is 11.8 Å². The second-order valence-electron chi connectivity index (χ2n) is 6.51. The monoisotopic (exact) mass is 408 g/mol. The van der Waals surface area contributed by atoms with Crippen LogP contribution >= 0.6 is 27.7 Å². The molecule has 7 heteroatoms. The number of nitrogens with one attached hydrogen (secondary N) is 1. The first-order chi connectivity index (χ1) is 11.5. The molecular weight excluding hydrogens is 388 g/mol. The molecule has 2 aromatic rings. The molecule has 1 aromatic heterocycles. The zero-order valence-electron chi connectivity index (χ0n) is 13.8. The van der Waals surface area contributed by atoms with E-state index in [-0.39, 0.29) is 5.91 Å². The van der Waals surface area contributed by atoms with Gasteiger partial charge in [-0.05, 0) is 30.4 Å². The van der Waals surface area contributed by atoms with Gasteiger partial charge < -0.3 is 4.90 Å². The molecule has 1 amide bonds. The van der Waals surface area contributed by atoms with Crippen LogP contribution in [-0.2, 0) is 4.79 Å². The number of rotatable bonds is 4. The van der Waals surface area contributed by atoms with Crippen LogP contribution in [0.2, 0.25) is 0 Å². The average molecular weight is 409 g/mol. The predicted octanol–water partition coefficient (Wildman–Crippen LogP) is 3.83. The van der Waals surface area contributed by atoms with Crippen LogP contribution in [0.15, 0.2) is 33.9 Å². The minimum Gasteiger partial charge on any atom is -0.341 e. The van der Waals surface area contributed by atoms with Gasteiger partial charge in [0.25, 0.3) is 0 Å². The van der Waals surface area contributed by atoms with Gasteiger partial charge in [0.1, 0.15) is 0 Å². The van der Waals surface area contributed by atoms with Crippen LogP contribution < -0.4 is 0 Å². The Bertz CT molecular complexity index is 693. The molecule has 1 N–H and O–H groups in total. The van der Waals surface area contributed by atoms with Crippen LogP contribution in [0.5, 0.6) is 0 Å². The molecular formula is C17H21BrN4OS. The maximum Gasteiger partial charge on any atom is 0.233 e. The van der Waals surface area contributed by atoms with Crippen LogP contribution in [0.4, 0.5) is 0 Å². The first kappa shape index (κ1) is 17.5. The van der Waals surface area contributed by atoms with E-state index in [1.165, 1.54) is 18.2 Å². The standard InChI is InChI=1S/C17H21BrN4OS/c1-11-7-12(2)9-22(8-11)15(23)10-24-17-19-16(20-21-17)13-3-5-14(18)6-4-13/h3-6,11-12H,7-10H2,1-2H3,(H,19,20,21). The number of amides is 1. The Morgan fingerprint density at radius 2 is 1.96 bits per heavy atom. The molecule has 1 aromatic carbocycles. The van der Waals surface area contributed by atoms with Crippen LogP contribution in [-0.4, -0.2) is 44.8 Å². The lowest BCUT2D eigenvalue weighted by molar-refractivity contribution is -0.130. The van der Waals surface area contributed by atoms with Gasteiger partial charge >= 0.3 is 0 Å². The highest BCUT2D eigenvalue weighted by Crippen LogP contribution is 2.24. The molecule has 1 aliphatic heterocycles. The lowest BCUT2D eigenvalue weighted by Gasteiger charge is -2.34. The van der Waals surface area contributed by atoms with Crippen molar-refractivity contribution >= 4 is 33.6 Å². The minimum absolute atomic E-state index is 0.174. The number of carbonyl (C=O) groups is 1. The number of H-pyrrole nitrogens is 1. The van der Waals surface area contributed by atoms with Crippen LogP contribution in [0.1, 0.15) is 20.3 Å². The second kappa shape index (κ2) is 7.70. The molecule has 1 aliphatic rings. The SMILES string of the molecule is CC1CC(C)CN(C(=O)CSc2n[nH]c(-c3ccc(Br)cc3)n2)C1. The zero-order chi connectivity index (χ0) is 17.1. The third-order valence-corrected chi connectivity index (χ3v) is 5.49. The summed E-state index contributed by atoms with van der Waals surface area (Å²) in [4.78, 5) is 18.9. The highest BCUT2D eigenvalue weighted by molar-refractivity contribution is 9.10. The molecule has 0 aliphatic carbocycles. The zero-order valence-corrected chi connectivity index (χ0v) is 16.2. The molecule has 1 fully saturated rings. The number of likely N-dealkylation sites (tertiary alicyclic amines) is 1. The number of aromatic nitrogens is 3. The fourth-order valence-electron chi connectivity index (χ4n) is 3.13. The van der Waals surface area contributed by atoms with Crippen molar-refractivity contribution in [1.82, 2.24) is 20.1 Å². The van der Waals surface area contributed by atoms with E-state index >= 15 is 0 Å². The molecule has 2 atom stereocenters. The number of halogens is 1. The fourth-order valence-corrected chi connectivity index (χ4v) is 4.10.